The monoisotopic (exact) mass is 495 g/mol. The lowest BCUT2D eigenvalue weighted by Gasteiger charge is -2.34. The molecule has 0 unspecified atom stereocenters. The number of rotatable bonds is 6. The molecule has 6 nitrogen and oxygen atoms in total. The number of carbonyl (C=O) groups is 1. The van der Waals surface area contributed by atoms with E-state index in [2.05, 4.69) is 10.1 Å². The Hall–Kier alpha value is -2.44. The highest BCUT2D eigenvalue weighted by atomic mass is 19.4. The quantitative estimate of drug-likeness (QED) is 0.569. The second-order valence-corrected chi connectivity index (χ2v) is 9.35. The van der Waals surface area contributed by atoms with Crippen LogP contribution in [0.15, 0.2) is 18.5 Å². The van der Waals surface area contributed by atoms with Crippen molar-refractivity contribution in [1.82, 2.24) is 19.9 Å². The molecule has 2 aliphatic carbocycles. The topological polar surface area (TPSA) is 85.3 Å². The highest BCUT2D eigenvalue weighted by Crippen LogP contribution is 2.44. The first-order chi connectivity index (χ1) is 15.7. The van der Waals surface area contributed by atoms with Gasteiger partial charge in [-0.15, -0.1) is 0 Å². The smallest absolute Gasteiger partial charge is 0.341 e. The third-order valence-electron chi connectivity index (χ3n) is 6.59. The van der Waals surface area contributed by atoms with Crippen molar-refractivity contribution in [1.29, 1.82) is 0 Å². The summed E-state index contributed by atoms with van der Waals surface area (Å²) in [5, 5.41) is 5.80. The summed E-state index contributed by atoms with van der Waals surface area (Å²) in [6.45, 7) is 0. The number of amides is 1. The van der Waals surface area contributed by atoms with Crippen molar-refractivity contribution in [2.75, 3.05) is 0 Å². The molecule has 0 aliphatic heterocycles. The first-order valence-corrected chi connectivity index (χ1v) is 10.9. The Kier molecular flexibility index (Phi) is 6.28. The fraction of sp³-hybridized carbons (Fsp3) is 0.667. The SMILES string of the molecule is N[C@H](c1cn2ncc([C@H](NC(=O)CC3CC(F)(F)C3)C(F)(F)F)cc2n1)C1CCC(F)(F)CC1. The van der Waals surface area contributed by atoms with Gasteiger partial charge in [0.25, 0.3) is 0 Å². The van der Waals surface area contributed by atoms with E-state index in [0.29, 0.717) is 5.69 Å². The summed E-state index contributed by atoms with van der Waals surface area (Å²) in [6, 6.07) is -1.97. The summed E-state index contributed by atoms with van der Waals surface area (Å²) in [5.41, 5.74) is 6.19. The van der Waals surface area contributed by atoms with Gasteiger partial charge in [0.1, 0.15) is 0 Å². The number of halogens is 7. The van der Waals surface area contributed by atoms with Crippen LogP contribution in [0, 0.1) is 11.8 Å². The zero-order valence-electron chi connectivity index (χ0n) is 18.0. The van der Waals surface area contributed by atoms with Gasteiger partial charge in [-0.05, 0) is 30.7 Å². The molecule has 1 amide bonds. The highest BCUT2D eigenvalue weighted by molar-refractivity contribution is 5.77. The molecule has 2 fully saturated rings. The Morgan fingerprint density at radius 3 is 2.41 bits per heavy atom. The molecule has 2 saturated carbocycles. The number of hydrogen-bond donors (Lipinski definition) is 2. The van der Waals surface area contributed by atoms with E-state index >= 15 is 0 Å². The summed E-state index contributed by atoms with van der Waals surface area (Å²) in [5.74, 6) is -7.49. The molecule has 188 valence electrons. The summed E-state index contributed by atoms with van der Waals surface area (Å²) in [6.07, 6.45) is -4.14. The average molecular weight is 495 g/mol. The zero-order valence-corrected chi connectivity index (χ0v) is 18.0. The fourth-order valence-corrected chi connectivity index (χ4v) is 4.66. The molecule has 0 bridgehead atoms. The number of carbonyl (C=O) groups excluding carboxylic acids is 1. The lowest BCUT2D eigenvalue weighted by atomic mass is 9.79. The third-order valence-corrected chi connectivity index (χ3v) is 6.59. The molecule has 3 N–H and O–H groups in total. The minimum atomic E-state index is -4.86. The van der Waals surface area contributed by atoms with Crippen molar-refractivity contribution in [3.8, 4) is 0 Å². The molecule has 34 heavy (non-hydrogen) atoms. The molecule has 2 atom stereocenters. The first kappa shape index (κ1) is 24.7. The Bertz CT molecular complexity index is 1040. The molecule has 0 radical (unpaired) electrons. The molecule has 0 saturated heterocycles. The standard InChI is InChI=1S/C21H24F7N5O/c22-19(23)3-1-12(2-4-19)17(29)14-10-33-15(31-14)6-13(9-30-33)18(21(26,27)28)32-16(34)5-11-7-20(24,25)8-11/h6,9-12,17-18H,1-5,7-8,29H2,(H,32,34)/t17-,18-/m0/s1. The van der Waals surface area contributed by atoms with Gasteiger partial charge in [-0.25, -0.2) is 27.1 Å². The number of hydrogen-bond acceptors (Lipinski definition) is 4. The summed E-state index contributed by atoms with van der Waals surface area (Å²) >= 11 is 0. The zero-order chi connectivity index (χ0) is 24.9. The number of nitrogens with two attached hydrogens (primary N) is 1. The predicted molar refractivity (Wildman–Crippen MR) is 106 cm³/mol. The fourth-order valence-electron chi connectivity index (χ4n) is 4.66. The van der Waals surface area contributed by atoms with Gasteiger partial charge in [0.15, 0.2) is 11.7 Å². The molecule has 0 spiro atoms. The number of fused-ring (bicyclic) bond motifs is 1. The number of nitrogens with zero attached hydrogens (tertiary/aromatic N) is 3. The highest BCUT2D eigenvalue weighted by Gasteiger charge is 2.47. The van der Waals surface area contributed by atoms with Crippen LogP contribution in [0.25, 0.3) is 5.65 Å². The number of aromatic nitrogens is 3. The minimum absolute atomic E-state index is 0.0474. The Balaban J connectivity index is 1.48. The van der Waals surface area contributed by atoms with Gasteiger partial charge in [0.2, 0.25) is 17.8 Å². The molecule has 2 aromatic rings. The summed E-state index contributed by atoms with van der Waals surface area (Å²) in [4.78, 5) is 16.3. The van der Waals surface area contributed by atoms with Gasteiger partial charge >= 0.3 is 6.18 Å². The number of alkyl halides is 7. The van der Waals surface area contributed by atoms with Crippen molar-refractivity contribution < 1.29 is 35.5 Å². The molecule has 2 aliphatic rings. The van der Waals surface area contributed by atoms with Crippen LogP contribution in [0.1, 0.15) is 68.3 Å². The van der Waals surface area contributed by atoms with Gasteiger partial charge in [-0.1, -0.05) is 0 Å². The first-order valence-electron chi connectivity index (χ1n) is 10.9. The van der Waals surface area contributed by atoms with E-state index in [9.17, 15) is 35.5 Å². The van der Waals surface area contributed by atoms with Gasteiger partial charge in [0.05, 0.1) is 24.1 Å². The minimum Gasteiger partial charge on any atom is -0.341 e. The van der Waals surface area contributed by atoms with E-state index in [1.54, 1.807) is 0 Å². The second-order valence-electron chi connectivity index (χ2n) is 9.35. The predicted octanol–water partition coefficient (Wildman–Crippen LogP) is 4.71. The maximum Gasteiger partial charge on any atom is 0.412 e. The van der Waals surface area contributed by atoms with Crippen LogP contribution in [-0.4, -0.2) is 38.5 Å². The average Bonchev–Trinajstić information content (AvgIpc) is 3.12. The Morgan fingerprint density at radius 2 is 1.82 bits per heavy atom. The van der Waals surface area contributed by atoms with Crippen LogP contribution in [0.2, 0.25) is 0 Å². The van der Waals surface area contributed by atoms with E-state index in [1.807, 2.05) is 5.32 Å². The molecule has 0 aromatic carbocycles. The van der Waals surface area contributed by atoms with Crippen molar-refractivity contribution in [2.45, 2.75) is 75.1 Å². The third kappa shape index (κ3) is 5.44. The molecular weight excluding hydrogens is 471 g/mol. The molecular formula is C21H24F7N5O. The van der Waals surface area contributed by atoms with Crippen LogP contribution in [0.3, 0.4) is 0 Å². The summed E-state index contributed by atoms with van der Waals surface area (Å²) in [7, 11) is 0. The maximum absolute atomic E-state index is 13.7. The van der Waals surface area contributed by atoms with E-state index in [-0.39, 0.29) is 42.8 Å². The lowest BCUT2D eigenvalue weighted by Crippen LogP contribution is -2.42. The Labute approximate surface area is 190 Å². The van der Waals surface area contributed by atoms with Crippen LogP contribution >= 0.6 is 0 Å². The van der Waals surface area contributed by atoms with Gasteiger partial charge in [-0.2, -0.15) is 18.3 Å². The second kappa shape index (κ2) is 8.65. The Morgan fingerprint density at radius 1 is 1.18 bits per heavy atom. The van der Waals surface area contributed by atoms with Crippen molar-refractivity contribution in [2.24, 2.45) is 17.6 Å². The van der Waals surface area contributed by atoms with Crippen LogP contribution < -0.4 is 11.1 Å². The largest absolute Gasteiger partial charge is 0.412 e. The summed E-state index contributed by atoms with van der Waals surface area (Å²) < 4.78 is 95.0. The molecule has 13 heteroatoms. The van der Waals surface area contributed by atoms with Crippen LogP contribution in [-0.2, 0) is 4.79 Å². The van der Waals surface area contributed by atoms with Gasteiger partial charge in [0, 0.05) is 37.7 Å². The van der Waals surface area contributed by atoms with Crippen LogP contribution in [0.5, 0.6) is 0 Å². The number of nitrogens with one attached hydrogen (secondary N) is 1. The normalized spacial score (nSPS) is 22.8. The molecule has 4 rings (SSSR count). The lowest BCUT2D eigenvalue weighted by molar-refractivity contribution is -0.165. The van der Waals surface area contributed by atoms with E-state index in [1.165, 1.54) is 10.7 Å². The van der Waals surface area contributed by atoms with Crippen LogP contribution in [0.4, 0.5) is 30.7 Å². The molecule has 2 aromatic heterocycles. The maximum atomic E-state index is 13.7. The van der Waals surface area contributed by atoms with Gasteiger partial charge in [-0.3, -0.25) is 4.79 Å². The van der Waals surface area contributed by atoms with Crippen molar-refractivity contribution in [3.05, 3.63) is 29.7 Å². The van der Waals surface area contributed by atoms with Crippen molar-refractivity contribution in [3.63, 3.8) is 0 Å². The van der Waals surface area contributed by atoms with E-state index < -0.39 is 61.2 Å². The van der Waals surface area contributed by atoms with Crippen molar-refractivity contribution >= 4 is 11.6 Å². The van der Waals surface area contributed by atoms with E-state index in [4.69, 9.17) is 5.73 Å². The number of imidazole rings is 1. The van der Waals surface area contributed by atoms with E-state index in [0.717, 1.165) is 12.3 Å². The molecule has 2 heterocycles. The van der Waals surface area contributed by atoms with Gasteiger partial charge < -0.3 is 11.1 Å².